The van der Waals surface area contributed by atoms with Crippen LogP contribution in [-0.2, 0) is 4.74 Å². The summed E-state index contributed by atoms with van der Waals surface area (Å²) in [7, 11) is 0. The molecule has 0 bridgehead atoms. The van der Waals surface area contributed by atoms with Gasteiger partial charge in [0.2, 0.25) is 0 Å². The zero-order valence-corrected chi connectivity index (χ0v) is 7.38. The van der Waals surface area contributed by atoms with E-state index in [1.807, 2.05) is 6.92 Å². The lowest BCUT2D eigenvalue weighted by Crippen LogP contribution is -2.35. The van der Waals surface area contributed by atoms with E-state index in [1.54, 1.807) is 0 Å². The standard InChI is InChI=1S/C9H19NO/c1-2-11-9-7-5-3-4-6-8(9)10/h8-9H,2-7,10H2,1H3/t8-,9-/m1/s1. The first kappa shape index (κ1) is 9.01. The maximum Gasteiger partial charge on any atom is 0.0725 e. The monoisotopic (exact) mass is 157 g/mol. The molecule has 1 saturated carbocycles. The largest absolute Gasteiger partial charge is 0.377 e. The summed E-state index contributed by atoms with van der Waals surface area (Å²) in [6.07, 6.45) is 6.54. The van der Waals surface area contributed by atoms with E-state index in [1.165, 1.54) is 19.3 Å². The third-order valence-electron chi connectivity index (χ3n) is 2.38. The van der Waals surface area contributed by atoms with E-state index in [4.69, 9.17) is 10.5 Å². The first-order valence-corrected chi connectivity index (χ1v) is 4.71. The molecule has 1 aliphatic carbocycles. The molecule has 2 heteroatoms. The fourth-order valence-corrected chi connectivity index (χ4v) is 1.72. The van der Waals surface area contributed by atoms with Crippen molar-refractivity contribution >= 4 is 0 Å². The van der Waals surface area contributed by atoms with Crippen LogP contribution >= 0.6 is 0 Å². The van der Waals surface area contributed by atoms with Crippen LogP contribution in [0.5, 0.6) is 0 Å². The molecule has 1 aliphatic rings. The molecule has 2 atom stereocenters. The Morgan fingerprint density at radius 3 is 2.73 bits per heavy atom. The van der Waals surface area contributed by atoms with E-state index < -0.39 is 0 Å². The molecule has 2 N–H and O–H groups in total. The van der Waals surface area contributed by atoms with Gasteiger partial charge < -0.3 is 10.5 Å². The second-order valence-electron chi connectivity index (χ2n) is 3.30. The van der Waals surface area contributed by atoms with E-state index in [0.29, 0.717) is 6.10 Å². The van der Waals surface area contributed by atoms with Crippen LogP contribution in [0.2, 0.25) is 0 Å². The van der Waals surface area contributed by atoms with Gasteiger partial charge in [0.15, 0.2) is 0 Å². The van der Waals surface area contributed by atoms with Gasteiger partial charge in [-0.05, 0) is 19.8 Å². The van der Waals surface area contributed by atoms with Crippen molar-refractivity contribution in [1.82, 2.24) is 0 Å². The maximum atomic E-state index is 5.94. The molecule has 0 aromatic rings. The number of ether oxygens (including phenoxy) is 1. The quantitative estimate of drug-likeness (QED) is 0.619. The third kappa shape index (κ3) is 2.80. The second kappa shape index (κ2) is 4.73. The van der Waals surface area contributed by atoms with E-state index >= 15 is 0 Å². The fourth-order valence-electron chi connectivity index (χ4n) is 1.72. The predicted molar refractivity (Wildman–Crippen MR) is 46.5 cm³/mol. The van der Waals surface area contributed by atoms with Crippen molar-refractivity contribution in [1.29, 1.82) is 0 Å². The van der Waals surface area contributed by atoms with Crippen LogP contribution in [0.1, 0.15) is 39.0 Å². The highest BCUT2D eigenvalue weighted by Gasteiger charge is 2.19. The molecule has 0 amide bonds. The van der Waals surface area contributed by atoms with Crippen molar-refractivity contribution in [3.8, 4) is 0 Å². The zero-order valence-electron chi connectivity index (χ0n) is 7.38. The first-order chi connectivity index (χ1) is 5.34. The molecule has 0 saturated heterocycles. The van der Waals surface area contributed by atoms with Gasteiger partial charge in [0.25, 0.3) is 0 Å². The average Bonchev–Trinajstić information content (AvgIpc) is 2.18. The summed E-state index contributed by atoms with van der Waals surface area (Å²) < 4.78 is 5.55. The molecular formula is C9H19NO. The van der Waals surface area contributed by atoms with E-state index in [0.717, 1.165) is 19.4 Å². The van der Waals surface area contributed by atoms with Crippen molar-refractivity contribution in [2.45, 2.75) is 51.2 Å². The van der Waals surface area contributed by atoms with Gasteiger partial charge in [-0.25, -0.2) is 0 Å². The highest BCUT2D eigenvalue weighted by Crippen LogP contribution is 2.18. The lowest BCUT2D eigenvalue weighted by atomic mass is 10.1. The van der Waals surface area contributed by atoms with Crippen LogP contribution in [0.15, 0.2) is 0 Å². The van der Waals surface area contributed by atoms with Crippen LogP contribution in [-0.4, -0.2) is 18.8 Å². The summed E-state index contributed by atoms with van der Waals surface area (Å²) >= 11 is 0. The molecule has 66 valence electrons. The van der Waals surface area contributed by atoms with E-state index in [-0.39, 0.29) is 6.04 Å². The van der Waals surface area contributed by atoms with Gasteiger partial charge in [-0.3, -0.25) is 0 Å². The van der Waals surface area contributed by atoms with Gasteiger partial charge in [-0.2, -0.15) is 0 Å². The summed E-state index contributed by atoms with van der Waals surface area (Å²) in [6.45, 7) is 2.84. The Morgan fingerprint density at radius 1 is 1.27 bits per heavy atom. The molecule has 0 unspecified atom stereocenters. The van der Waals surface area contributed by atoms with Crippen LogP contribution in [0, 0.1) is 0 Å². The number of rotatable bonds is 2. The van der Waals surface area contributed by atoms with Gasteiger partial charge in [-0.15, -0.1) is 0 Å². The highest BCUT2D eigenvalue weighted by atomic mass is 16.5. The normalized spacial score (nSPS) is 33.3. The van der Waals surface area contributed by atoms with Crippen molar-refractivity contribution in [3.63, 3.8) is 0 Å². The van der Waals surface area contributed by atoms with Crippen molar-refractivity contribution < 1.29 is 4.74 Å². The predicted octanol–water partition coefficient (Wildman–Crippen LogP) is 1.68. The summed E-state index contributed by atoms with van der Waals surface area (Å²) in [5, 5.41) is 0. The number of nitrogens with two attached hydrogens (primary N) is 1. The summed E-state index contributed by atoms with van der Waals surface area (Å²) in [6, 6.07) is 0.289. The van der Waals surface area contributed by atoms with Crippen molar-refractivity contribution in [3.05, 3.63) is 0 Å². The van der Waals surface area contributed by atoms with Crippen molar-refractivity contribution in [2.24, 2.45) is 5.73 Å². The molecule has 2 nitrogen and oxygen atoms in total. The Morgan fingerprint density at radius 2 is 2.00 bits per heavy atom. The Hall–Kier alpha value is -0.0800. The van der Waals surface area contributed by atoms with Crippen molar-refractivity contribution in [2.75, 3.05) is 6.61 Å². The lowest BCUT2D eigenvalue weighted by molar-refractivity contribution is 0.0399. The van der Waals surface area contributed by atoms with Gasteiger partial charge in [0.1, 0.15) is 0 Å². The molecule has 1 rings (SSSR count). The van der Waals surface area contributed by atoms with E-state index in [2.05, 4.69) is 0 Å². The van der Waals surface area contributed by atoms with Crippen LogP contribution in [0.4, 0.5) is 0 Å². The smallest absolute Gasteiger partial charge is 0.0725 e. The minimum Gasteiger partial charge on any atom is -0.377 e. The minimum absolute atomic E-state index is 0.289. The average molecular weight is 157 g/mol. The maximum absolute atomic E-state index is 5.94. The number of hydrogen-bond donors (Lipinski definition) is 1. The number of hydrogen-bond acceptors (Lipinski definition) is 2. The van der Waals surface area contributed by atoms with Crippen LogP contribution < -0.4 is 5.73 Å². The molecule has 0 aliphatic heterocycles. The van der Waals surface area contributed by atoms with Crippen LogP contribution in [0.25, 0.3) is 0 Å². The topological polar surface area (TPSA) is 35.2 Å². The molecule has 0 aromatic heterocycles. The Balaban J connectivity index is 2.32. The molecule has 0 radical (unpaired) electrons. The minimum atomic E-state index is 0.289. The van der Waals surface area contributed by atoms with Gasteiger partial charge in [0, 0.05) is 12.6 Å². The third-order valence-corrected chi connectivity index (χ3v) is 2.38. The summed E-state index contributed by atoms with van der Waals surface area (Å²) in [5.41, 5.74) is 5.94. The summed E-state index contributed by atoms with van der Waals surface area (Å²) in [5.74, 6) is 0. The SMILES string of the molecule is CCO[C@@H]1CCCCC[C@H]1N. The zero-order chi connectivity index (χ0) is 8.10. The molecular weight excluding hydrogens is 138 g/mol. The van der Waals surface area contributed by atoms with Gasteiger partial charge >= 0.3 is 0 Å². The first-order valence-electron chi connectivity index (χ1n) is 4.71. The second-order valence-corrected chi connectivity index (χ2v) is 3.30. The molecule has 0 spiro atoms. The van der Waals surface area contributed by atoms with E-state index in [9.17, 15) is 0 Å². The summed E-state index contributed by atoms with van der Waals surface area (Å²) in [4.78, 5) is 0. The van der Waals surface area contributed by atoms with Crippen LogP contribution in [0.3, 0.4) is 0 Å². The Kier molecular flexibility index (Phi) is 3.87. The molecule has 0 aromatic carbocycles. The molecule has 0 heterocycles. The molecule has 11 heavy (non-hydrogen) atoms. The highest BCUT2D eigenvalue weighted by molar-refractivity contribution is 4.76. The van der Waals surface area contributed by atoms with Gasteiger partial charge in [0.05, 0.1) is 6.10 Å². The lowest BCUT2D eigenvalue weighted by Gasteiger charge is -2.20. The Labute approximate surface area is 69.1 Å². The fraction of sp³-hybridized carbons (Fsp3) is 1.00. The van der Waals surface area contributed by atoms with Gasteiger partial charge in [-0.1, -0.05) is 19.3 Å². The Bertz CT molecular complexity index is 106. The molecule has 1 fully saturated rings.